The fourth-order valence-electron chi connectivity index (χ4n) is 2.66. The lowest BCUT2D eigenvalue weighted by molar-refractivity contribution is -0.119. The molecule has 3 rings (SSSR count). The Morgan fingerprint density at radius 2 is 2.32 bits per heavy atom. The van der Waals surface area contributed by atoms with Gasteiger partial charge in [-0.05, 0) is 25.0 Å². The smallest absolute Gasteiger partial charge is 0.267 e. The number of hydrogen-bond donors (Lipinski definition) is 4. The first kappa shape index (κ1) is 14.3. The minimum atomic E-state index is -0.932. The molecule has 0 radical (unpaired) electrons. The van der Waals surface area contributed by atoms with E-state index in [0.717, 1.165) is 12.0 Å². The molecule has 2 aliphatic rings. The van der Waals surface area contributed by atoms with Crippen molar-refractivity contribution in [3.05, 3.63) is 35.4 Å². The summed E-state index contributed by atoms with van der Waals surface area (Å²) in [6.07, 6.45) is 2.94. The lowest BCUT2D eigenvalue weighted by Gasteiger charge is -2.35. The van der Waals surface area contributed by atoms with Crippen LogP contribution in [0.3, 0.4) is 0 Å². The molecule has 0 bridgehead atoms. The fourth-order valence-corrected chi connectivity index (χ4v) is 2.66. The number of carbonyl (C=O) groups excluding carboxylic acids is 1. The predicted octanol–water partition coefficient (Wildman–Crippen LogP) is -0.218. The minimum Gasteiger partial charge on any atom is -0.384 e. The zero-order valence-corrected chi connectivity index (χ0v) is 12.2. The maximum atomic E-state index is 12.1. The number of fused-ring (bicyclic) bond motifs is 1. The van der Waals surface area contributed by atoms with E-state index in [2.05, 4.69) is 20.6 Å². The highest BCUT2D eigenvalue weighted by Gasteiger charge is 2.32. The molecule has 0 spiro atoms. The van der Waals surface area contributed by atoms with Crippen molar-refractivity contribution >= 4 is 17.5 Å². The van der Waals surface area contributed by atoms with Gasteiger partial charge < -0.3 is 26.4 Å². The van der Waals surface area contributed by atoms with Gasteiger partial charge in [-0.25, -0.2) is 9.97 Å². The predicted molar refractivity (Wildman–Crippen MR) is 81.2 cm³/mol. The molecule has 1 aromatic heterocycles. The van der Waals surface area contributed by atoms with Crippen LogP contribution in [0.1, 0.15) is 13.3 Å². The summed E-state index contributed by atoms with van der Waals surface area (Å²) in [6.45, 7) is 3.04. The molecule has 1 aromatic rings. The highest BCUT2D eigenvalue weighted by molar-refractivity contribution is 5.94. The molecule has 1 atom stereocenters. The lowest BCUT2D eigenvalue weighted by atomic mass is 10.1. The summed E-state index contributed by atoms with van der Waals surface area (Å²) in [4.78, 5) is 21.7. The number of rotatable bonds is 2. The van der Waals surface area contributed by atoms with E-state index in [-0.39, 0.29) is 5.91 Å². The van der Waals surface area contributed by atoms with Crippen LogP contribution in [0, 0.1) is 0 Å². The van der Waals surface area contributed by atoms with Crippen molar-refractivity contribution in [1.82, 2.24) is 20.2 Å². The number of nitrogens with one attached hydrogen (secondary N) is 2. The largest absolute Gasteiger partial charge is 0.384 e. The third-order valence-electron chi connectivity index (χ3n) is 3.64. The van der Waals surface area contributed by atoms with E-state index in [9.17, 15) is 9.90 Å². The monoisotopic (exact) mass is 302 g/mol. The Balaban J connectivity index is 1.93. The number of nitrogen functional groups attached to an aromatic ring is 1. The van der Waals surface area contributed by atoms with E-state index in [4.69, 9.17) is 5.73 Å². The normalized spacial score (nSPS) is 21.7. The number of nitrogens with two attached hydrogens (primary N) is 1. The number of hydrogen-bond acceptors (Lipinski definition) is 7. The summed E-state index contributed by atoms with van der Waals surface area (Å²) in [7, 11) is 0. The summed E-state index contributed by atoms with van der Waals surface area (Å²) in [5, 5.41) is 16.4. The second-order valence-electron chi connectivity index (χ2n) is 5.26. The van der Waals surface area contributed by atoms with Gasteiger partial charge >= 0.3 is 0 Å². The lowest BCUT2D eigenvalue weighted by Crippen LogP contribution is -2.43. The summed E-state index contributed by atoms with van der Waals surface area (Å²) in [5.41, 5.74) is 7.47. The summed E-state index contributed by atoms with van der Waals surface area (Å²) in [6, 6.07) is 1.58. The molecule has 2 aliphatic heterocycles. The van der Waals surface area contributed by atoms with Gasteiger partial charge in [0.15, 0.2) is 6.23 Å². The maximum absolute atomic E-state index is 12.1. The molecule has 1 unspecified atom stereocenters. The van der Waals surface area contributed by atoms with Crippen LogP contribution in [0.2, 0.25) is 0 Å². The first-order valence-corrected chi connectivity index (χ1v) is 7.06. The molecule has 3 heterocycles. The van der Waals surface area contributed by atoms with E-state index in [1.165, 1.54) is 6.33 Å². The number of anilines is 2. The molecular formula is C14H18N6O2. The van der Waals surface area contributed by atoms with Crippen LogP contribution in [-0.2, 0) is 4.79 Å². The van der Waals surface area contributed by atoms with E-state index in [1.807, 2.05) is 6.92 Å². The average molecular weight is 302 g/mol. The second-order valence-corrected chi connectivity index (χ2v) is 5.26. The molecule has 5 N–H and O–H groups in total. The molecule has 1 amide bonds. The molecule has 0 saturated carbocycles. The molecule has 1 fully saturated rings. The molecule has 22 heavy (non-hydrogen) atoms. The van der Waals surface area contributed by atoms with Crippen molar-refractivity contribution in [2.75, 3.05) is 24.1 Å². The summed E-state index contributed by atoms with van der Waals surface area (Å²) < 4.78 is 0. The van der Waals surface area contributed by atoms with Crippen LogP contribution in [0.4, 0.5) is 11.6 Å². The van der Waals surface area contributed by atoms with Crippen molar-refractivity contribution in [3.8, 4) is 0 Å². The Morgan fingerprint density at radius 3 is 3.09 bits per heavy atom. The Labute approximate surface area is 127 Å². The Hall–Kier alpha value is -2.61. The average Bonchev–Trinajstić information content (AvgIpc) is 2.67. The number of aliphatic hydroxyl groups excluding tert-OH is 1. The molecule has 8 heteroatoms. The van der Waals surface area contributed by atoms with Gasteiger partial charge in [0.1, 0.15) is 23.7 Å². The number of allylic oxidation sites excluding steroid dienone is 2. The number of carbonyl (C=O) groups is 1. The highest BCUT2D eigenvalue weighted by atomic mass is 16.3. The second kappa shape index (κ2) is 5.64. The van der Waals surface area contributed by atoms with E-state index in [1.54, 1.807) is 17.0 Å². The molecule has 0 aromatic carbocycles. The maximum Gasteiger partial charge on any atom is 0.267 e. The standard InChI is InChI=1S/C14H18N6O2/c1-8-5-9(19-11-6-10(15)17-7-18-11)14(22)20-4-2-3-16-13(21)12(8)20/h5-7,14,22H,2-4H2,1H3,(H,16,21)(H3,15,17,18,19). The first-order chi connectivity index (χ1) is 10.6. The molecule has 1 saturated heterocycles. The quantitative estimate of drug-likeness (QED) is 0.597. The molecule has 116 valence electrons. The molecule has 0 aliphatic carbocycles. The van der Waals surface area contributed by atoms with E-state index < -0.39 is 6.23 Å². The van der Waals surface area contributed by atoms with Gasteiger partial charge in [0.25, 0.3) is 5.91 Å². The summed E-state index contributed by atoms with van der Waals surface area (Å²) in [5.74, 6) is 0.675. The Kier molecular flexibility index (Phi) is 3.68. The van der Waals surface area contributed by atoms with Gasteiger partial charge in [-0.3, -0.25) is 4.79 Å². The summed E-state index contributed by atoms with van der Waals surface area (Å²) >= 11 is 0. The fraction of sp³-hybridized carbons (Fsp3) is 0.357. The van der Waals surface area contributed by atoms with E-state index in [0.29, 0.717) is 36.1 Å². The third-order valence-corrected chi connectivity index (χ3v) is 3.64. The van der Waals surface area contributed by atoms with Crippen LogP contribution < -0.4 is 16.4 Å². The number of amides is 1. The Morgan fingerprint density at radius 1 is 1.50 bits per heavy atom. The number of nitrogens with zero attached hydrogens (tertiary/aromatic N) is 3. The zero-order valence-electron chi connectivity index (χ0n) is 12.2. The van der Waals surface area contributed by atoms with Gasteiger partial charge in [-0.1, -0.05) is 0 Å². The van der Waals surface area contributed by atoms with Gasteiger partial charge in [0, 0.05) is 19.2 Å². The van der Waals surface area contributed by atoms with Crippen LogP contribution in [0.5, 0.6) is 0 Å². The molecule has 8 nitrogen and oxygen atoms in total. The minimum absolute atomic E-state index is 0.157. The highest BCUT2D eigenvalue weighted by Crippen LogP contribution is 2.27. The van der Waals surface area contributed by atoms with Gasteiger partial charge in [-0.15, -0.1) is 0 Å². The van der Waals surface area contributed by atoms with Crippen molar-refractivity contribution in [2.45, 2.75) is 19.6 Å². The zero-order chi connectivity index (χ0) is 15.7. The topological polar surface area (TPSA) is 116 Å². The Bertz CT molecular complexity index is 669. The number of aromatic nitrogens is 2. The van der Waals surface area contributed by atoms with Gasteiger partial charge in [0.2, 0.25) is 0 Å². The first-order valence-electron chi connectivity index (χ1n) is 7.06. The van der Waals surface area contributed by atoms with Crippen molar-refractivity contribution < 1.29 is 9.90 Å². The van der Waals surface area contributed by atoms with Gasteiger partial charge in [0.05, 0.1) is 5.70 Å². The van der Waals surface area contributed by atoms with Crippen LogP contribution in [-0.4, -0.2) is 45.2 Å². The van der Waals surface area contributed by atoms with Crippen molar-refractivity contribution in [3.63, 3.8) is 0 Å². The van der Waals surface area contributed by atoms with Gasteiger partial charge in [-0.2, -0.15) is 0 Å². The van der Waals surface area contributed by atoms with Crippen LogP contribution in [0.15, 0.2) is 35.4 Å². The van der Waals surface area contributed by atoms with Crippen LogP contribution in [0.25, 0.3) is 0 Å². The van der Waals surface area contributed by atoms with E-state index >= 15 is 0 Å². The van der Waals surface area contributed by atoms with Crippen molar-refractivity contribution in [2.24, 2.45) is 0 Å². The number of aliphatic hydroxyl groups is 1. The third kappa shape index (κ3) is 2.60. The van der Waals surface area contributed by atoms with Crippen molar-refractivity contribution in [1.29, 1.82) is 0 Å². The SMILES string of the molecule is CC1=C2C(=O)NCCCN2C(O)C(Nc2cc(N)ncn2)=C1. The van der Waals surface area contributed by atoms with Crippen LogP contribution >= 0.6 is 0 Å². The molecular weight excluding hydrogens is 284 g/mol.